The first-order valence-electron chi connectivity index (χ1n) is 11.9. The maximum Gasteiger partial charge on any atom is 0.433 e. The fraction of sp³-hybridized carbons (Fsp3) is 0.833. The Morgan fingerprint density at radius 1 is 1.06 bits per heavy atom. The lowest BCUT2D eigenvalue weighted by atomic mass is 9.90. The number of carbonyl (C=O) groups is 3. The van der Waals surface area contributed by atoms with Gasteiger partial charge in [-0.3, -0.25) is 9.59 Å². The van der Waals surface area contributed by atoms with Crippen LogP contribution in [0.2, 0.25) is 0 Å². The highest BCUT2D eigenvalue weighted by Gasteiger charge is 2.34. The number of amides is 2. The van der Waals surface area contributed by atoms with Crippen molar-refractivity contribution in [2.75, 3.05) is 26.8 Å². The first-order chi connectivity index (χ1) is 15.1. The van der Waals surface area contributed by atoms with E-state index in [9.17, 15) is 14.4 Å². The summed E-state index contributed by atoms with van der Waals surface area (Å²) >= 11 is 0. The van der Waals surface area contributed by atoms with E-state index in [1.165, 1.54) is 32.6 Å². The predicted octanol–water partition coefficient (Wildman–Crippen LogP) is 4.01. The molecule has 1 aliphatic carbocycles. The van der Waals surface area contributed by atoms with Crippen molar-refractivity contribution in [3.8, 4) is 0 Å². The van der Waals surface area contributed by atoms with E-state index in [2.05, 4.69) is 4.99 Å². The number of aliphatic imine (C=N–C) groups is 1. The number of rotatable bonds is 7. The standard InChI is InChI=1S/C24H40N2O6/c1-17(31-16-18-9-7-6-8-10-18)20(15-25-23(29)32-24(2,3)4)21(27)26-13-11-19(12-14-26)22(28)30-5/h15,17-20H,6-14,16H2,1-5H3/b25-15+/t17-,20?/m1/s1. The van der Waals surface area contributed by atoms with Gasteiger partial charge in [-0.1, -0.05) is 19.3 Å². The summed E-state index contributed by atoms with van der Waals surface area (Å²) in [6.07, 6.45) is 7.37. The Balaban J connectivity index is 2.03. The normalized spacial score (nSPS) is 20.7. The van der Waals surface area contributed by atoms with Crippen LogP contribution in [0.4, 0.5) is 4.79 Å². The summed E-state index contributed by atoms with van der Waals surface area (Å²) in [4.78, 5) is 42.9. The van der Waals surface area contributed by atoms with Gasteiger partial charge in [-0.05, 0) is 59.3 Å². The minimum absolute atomic E-state index is 0.142. The number of ether oxygens (including phenoxy) is 3. The average molecular weight is 453 g/mol. The summed E-state index contributed by atoms with van der Waals surface area (Å²) in [6.45, 7) is 8.69. The molecule has 0 aromatic carbocycles. The van der Waals surface area contributed by atoms with Gasteiger partial charge >= 0.3 is 12.1 Å². The van der Waals surface area contributed by atoms with Gasteiger partial charge in [-0.15, -0.1) is 0 Å². The third-order valence-electron chi connectivity index (χ3n) is 6.19. The lowest BCUT2D eigenvalue weighted by molar-refractivity contribution is -0.150. The molecule has 0 aromatic rings. The third-order valence-corrected chi connectivity index (χ3v) is 6.19. The zero-order valence-electron chi connectivity index (χ0n) is 20.3. The Morgan fingerprint density at radius 3 is 2.25 bits per heavy atom. The Labute approximate surface area is 192 Å². The van der Waals surface area contributed by atoms with E-state index >= 15 is 0 Å². The van der Waals surface area contributed by atoms with Crippen molar-refractivity contribution in [3.05, 3.63) is 0 Å². The number of hydrogen-bond donors (Lipinski definition) is 0. The molecule has 8 heteroatoms. The van der Waals surface area contributed by atoms with Gasteiger partial charge in [0.15, 0.2) is 0 Å². The second-order valence-corrected chi connectivity index (χ2v) is 9.95. The molecule has 2 fully saturated rings. The van der Waals surface area contributed by atoms with Crippen LogP contribution in [-0.2, 0) is 23.8 Å². The average Bonchev–Trinajstić information content (AvgIpc) is 2.76. The highest BCUT2D eigenvalue weighted by Crippen LogP contribution is 2.26. The number of piperidine rings is 1. The van der Waals surface area contributed by atoms with Crippen LogP contribution < -0.4 is 0 Å². The zero-order valence-corrected chi connectivity index (χ0v) is 20.3. The Bertz CT molecular complexity index is 658. The van der Waals surface area contributed by atoms with E-state index in [4.69, 9.17) is 14.2 Å². The van der Waals surface area contributed by atoms with Gasteiger partial charge < -0.3 is 19.1 Å². The van der Waals surface area contributed by atoms with E-state index in [0.29, 0.717) is 38.5 Å². The first-order valence-corrected chi connectivity index (χ1v) is 11.9. The Kier molecular flexibility index (Phi) is 10.1. The summed E-state index contributed by atoms with van der Waals surface area (Å²) in [7, 11) is 1.38. The van der Waals surface area contributed by atoms with Crippen molar-refractivity contribution in [3.63, 3.8) is 0 Å². The van der Waals surface area contributed by atoms with Gasteiger partial charge in [0.2, 0.25) is 5.91 Å². The van der Waals surface area contributed by atoms with Crippen LogP contribution in [0.15, 0.2) is 4.99 Å². The van der Waals surface area contributed by atoms with E-state index in [0.717, 1.165) is 12.8 Å². The first kappa shape index (κ1) is 26.3. The lowest BCUT2D eigenvalue weighted by Gasteiger charge is -2.34. The Hall–Kier alpha value is -1.96. The number of carbonyl (C=O) groups excluding carboxylic acids is 3. The Morgan fingerprint density at radius 2 is 1.69 bits per heavy atom. The second-order valence-electron chi connectivity index (χ2n) is 9.95. The van der Waals surface area contributed by atoms with Gasteiger partial charge in [-0.25, -0.2) is 4.79 Å². The molecule has 0 aromatic heterocycles. The van der Waals surface area contributed by atoms with E-state index < -0.39 is 23.7 Å². The SMILES string of the molecule is COC(=O)C1CCN(C(=O)C(/C=N/C(=O)OC(C)(C)C)[C@@H](C)OCC2CCCCC2)CC1. The molecule has 0 spiro atoms. The molecule has 0 N–H and O–H groups in total. The summed E-state index contributed by atoms with van der Waals surface area (Å²) < 4.78 is 16.2. The summed E-state index contributed by atoms with van der Waals surface area (Å²) in [5.74, 6) is -0.736. The molecule has 1 heterocycles. The van der Waals surface area contributed by atoms with Gasteiger partial charge in [0, 0.05) is 25.9 Å². The van der Waals surface area contributed by atoms with Crippen molar-refractivity contribution in [2.45, 2.75) is 84.3 Å². The van der Waals surface area contributed by atoms with Crippen molar-refractivity contribution in [1.82, 2.24) is 4.90 Å². The summed E-state index contributed by atoms with van der Waals surface area (Å²) in [5.41, 5.74) is -0.660. The highest BCUT2D eigenvalue weighted by molar-refractivity contribution is 5.97. The summed E-state index contributed by atoms with van der Waals surface area (Å²) in [5, 5.41) is 0. The van der Waals surface area contributed by atoms with Gasteiger partial charge in [0.25, 0.3) is 0 Å². The van der Waals surface area contributed by atoms with Crippen molar-refractivity contribution in [1.29, 1.82) is 0 Å². The molecule has 2 atom stereocenters. The molecule has 32 heavy (non-hydrogen) atoms. The number of methoxy groups -OCH3 is 1. The zero-order chi connectivity index (χ0) is 23.7. The molecule has 1 saturated heterocycles. The van der Waals surface area contributed by atoms with Crippen LogP contribution in [0.5, 0.6) is 0 Å². The largest absolute Gasteiger partial charge is 0.469 e. The fourth-order valence-electron chi connectivity index (χ4n) is 4.27. The number of hydrogen-bond acceptors (Lipinski definition) is 6. The lowest BCUT2D eigenvalue weighted by Crippen LogP contribution is -2.46. The van der Waals surface area contributed by atoms with E-state index in [-0.39, 0.29) is 17.8 Å². The molecule has 1 unspecified atom stereocenters. The van der Waals surface area contributed by atoms with Gasteiger partial charge in [0.1, 0.15) is 5.60 Å². The molecular weight excluding hydrogens is 412 g/mol. The molecule has 1 aliphatic heterocycles. The number of nitrogens with zero attached hydrogens (tertiary/aromatic N) is 2. The van der Waals surface area contributed by atoms with Crippen molar-refractivity contribution >= 4 is 24.2 Å². The molecule has 8 nitrogen and oxygen atoms in total. The third kappa shape index (κ3) is 8.52. The maximum absolute atomic E-state index is 13.3. The molecule has 0 radical (unpaired) electrons. The van der Waals surface area contributed by atoms with Crippen LogP contribution in [0.1, 0.15) is 72.6 Å². The van der Waals surface area contributed by atoms with Gasteiger partial charge in [-0.2, -0.15) is 4.99 Å². The molecular formula is C24H40N2O6. The smallest absolute Gasteiger partial charge is 0.433 e. The fourth-order valence-corrected chi connectivity index (χ4v) is 4.27. The van der Waals surface area contributed by atoms with Crippen molar-refractivity contribution in [2.24, 2.45) is 22.7 Å². The summed E-state index contributed by atoms with van der Waals surface area (Å²) in [6, 6.07) is 0. The second kappa shape index (κ2) is 12.3. The minimum Gasteiger partial charge on any atom is -0.469 e. The van der Waals surface area contributed by atoms with Gasteiger partial charge in [0.05, 0.1) is 25.0 Å². The number of esters is 1. The predicted molar refractivity (Wildman–Crippen MR) is 122 cm³/mol. The molecule has 0 bridgehead atoms. The molecule has 2 aliphatic rings. The topological polar surface area (TPSA) is 94.5 Å². The molecule has 2 rings (SSSR count). The van der Waals surface area contributed by atoms with Crippen LogP contribution in [0.3, 0.4) is 0 Å². The number of likely N-dealkylation sites (tertiary alicyclic amines) is 1. The van der Waals surface area contributed by atoms with E-state index in [1.54, 1.807) is 25.7 Å². The van der Waals surface area contributed by atoms with Crippen LogP contribution in [-0.4, -0.2) is 67.6 Å². The molecule has 182 valence electrons. The minimum atomic E-state index is -0.723. The monoisotopic (exact) mass is 452 g/mol. The molecule has 1 saturated carbocycles. The molecule has 2 amide bonds. The quantitative estimate of drug-likeness (QED) is 0.428. The van der Waals surface area contributed by atoms with Crippen LogP contribution >= 0.6 is 0 Å². The van der Waals surface area contributed by atoms with E-state index in [1.807, 2.05) is 6.92 Å². The highest BCUT2D eigenvalue weighted by atomic mass is 16.6. The van der Waals surface area contributed by atoms with Crippen molar-refractivity contribution < 1.29 is 28.6 Å². The van der Waals surface area contributed by atoms with Crippen LogP contribution in [0.25, 0.3) is 0 Å². The maximum atomic E-state index is 13.3. The van der Waals surface area contributed by atoms with Crippen LogP contribution in [0, 0.1) is 17.8 Å².